The Morgan fingerprint density at radius 2 is 2.00 bits per heavy atom. The number of carbonyl (C=O) groups is 2. The highest BCUT2D eigenvalue weighted by Crippen LogP contribution is 2.15. The van der Waals surface area contributed by atoms with E-state index in [9.17, 15) is 9.59 Å². The third-order valence-corrected chi connectivity index (χ3v) is 3.38. The zero-order chi connectivity index (χ0) is 14.5. The van der Waals surface area contributed by atoms with Gasteiger partial charge in [0.15, 0.2) is 6.10 Å². The monoisotopic (exact) mass is 277 g/mol. The Morgan fingerprint density at radius 1 is 1.30 bits per heavy atom. The molecule has 0 aromatic heterocycles. The number of ether oxygens (including phenoxy) is 2. The maximum Gasteiger partial charge on any atom is 0.323 e. The van der Waals surface area contributed by atoms with Crippen molar-refractivity contribution in [3.8, 4) is 5.75 Å². The summed E-state index contributed by atoms with van der Waals surface area (Å²) in [5.41, 5.74) is 0.505. The molecule has 0 spiro atoms. The number of esters is 1. The first-order valence-electron chi connectivity index (χ1n) is 6.74. The molecule has 1 aromatic rings. The highest BCUT2D eigenvalue weighted by molar-refractivity contribution is 6.00. The van der Waals surface area contributed by atoms with Gasteiger partial charge in [0.25, 0.3) is 0 Å². The van der Waals surface area contributed by atoms with Crippen molar-refractivity contribution in [3.05, 3.63) is 29.8 Å². The summed E-state index contributed by atoms with van der Waals surface area (Å²) < 4.78 is 10.3. The molecule has 5 nitrogen and oxygen atoms in total. The summed E-state index contributed by atoms with van der Waals surface area (Å²) in [6.45, 7) is 2.42. The minimum Gasteiger partial charge on any atom is -0.497 e. The van der Waals surface area contributed by atoms with Gasteiger partial charge in [0.2, 0.25) is 5.78 Å². The minimum absolute atomic E-state index is 0.209. The molecule has 0 radical (unpaired) electrons. The van der Waals surface area contributed by atoms with Crippen molar-refractivity contribution in [1.82, 2.24) is 5.32 Å². The Hall–Kier alpha value is -1.88. The number of Topliss-reactive ketones (excluding diaryl/α,β-unsaturated/α-hetero) is 1. The van der Waals surface area contributed by atoms with Gasteiger partial charge in [0.1, 0.15) is 11.8 Å². The van der Waals surface area contributed by atoms with Gasteiger partial charge in [0.05, 0.1) is 7.11 Å². The van der Waals surface area contributed by atoms with Gasteiger partial charge >= 0.3 is 5.97 Å². The molecular formula is C15H19NO4. The van der Waals surface area contributed by atoms with Crippen LogP contribution in [0, 0.1) is 0 Å². The van der Waals surface area contributed by atoms with Gasteiger partial charge in [-0.1, -0.05) is 0 Å². The molecule has 0 unspecified atom stereocenters. The van der Waals surface area contributed by atoms with E-state index in [0.29, 0.717) is 11.3 Å². The van der Waals surface area contributed by atoms with E-state index < -0.39 is 6.10 Å². The van der Waals surface area contributed by atoms with Crippen LogP contribution in [-0.4, -0.2) is 37.6 Å². The van der Waals surface area contributed by atoms with Crippen molar-refractivity contribution in [2.24, 2.45) is 0 Å². The molecule has 108 valence electrons. The summed E-state index contributed by atoms with van der Waals surface area (Å²) >= 11 is 0. The van der Waals surface area contributed by atoms with Gasteiger partial charge in [-0.05, 0) is 50.6 Å². The smallest absolute Gasteiger partial charge is 0.323 e. The topological polar surface area (TPSA) is 64.6 Å². The molecule has 1 heterocycles. The molecule has 1 N–H and O–H groups in total. The fourth-order valence-electron chi connectivity index (χ4n) is 2.19. The van der Waals surface area contributed by atoms with Crippen molar-refractivity contribution in [2.45, 2.75) is 31.9 Å². The van der Waals surface area contributed by atoms with E-state index in [1.807, 2.05) is 0 Å². The molecule has 1 aliphatic heterocycles. The summed E-state index contributed by atoms with van der Waals surface area (Å²) in [6, 6.07) is 6.47. The van der Waals surface area contributed by atoms with Crippen LogP contribution in [0.3, 0.4) is 0 Å². The van der Waals surface area contributed by atoms with Gasteiger partial charge in [-0.2, -0.15) is 0 Å². The second-order valence-electron chi connectivity index (χ2n) is 4.82. The lowest BCUT2D eigenvalue weighted by molar-refractivity contribution is -0.148. The molecule has 1 aromatic carbocycles. The summed E-state index contributed by atoms with van der Waals surface area (Å²) in [6.07, 6.45) is 0.946. The van der Waals surface area contributed by atoms with Crippen LogP contribution in [0.25, 0.3) is 0 Å². The van der Waals surface area contributed by atoms with Crippen LogP contribution in [0.15, 0.2) is 24.3 Å². The number of nitrogens with one attached hydrogen (secondary N) is 1. The van der Waals surface area contributed by atoms with Gasteiger partial charge in [-0.15, -0.1) is 0 Å². The van der Waals surface area contributed by atoms with Crippen LogP contribution in [0.5, 0.6) is 5.75 Å². The number of hydrogen-bond donors (Lipinski definition) is 1. The fourth-order valence-corrected chi connectivity index (χ4v) is 2.19. The van der Waals surface area contributed by atoms with E-state index in [1.165, 1.54) is 0 Å². The number of rotatable bonds is 5. The minimum atomic E-state index is -0.779. The van der Waals surface area contributed by atoms with Crippen LogP contribution in [0.1, 0.15) is 30.1 Å². The first-order valence-corrected chi connectivity index (χ1v) is 6.74. The summed E-state index contributed by atoms with van der Waals surface area (Å²) in [5.74, 6) is 0.122. The molecule has 0 saturated carbocycles. The summed E-state index contributed by atoms with van der Waals surface area (Å²) in [5, 5.41) is 3.05. The Bertz CT molecular complexity index is 477. The Labute approximate surface area is 118 Å². The third kappa shape index (κ3) is 3.36. The van der Waals surface area contributed by atoms with Gasteiger partial charge in [-0.3, -0.25) is 9.59 Å². The van der Waals surface area contributed by atoms with E-state index in [1.54, 1.807) is 38.3 Å². The van der Waals surface area contributed by atoms with E-state index in [4.69, 9.17) is 9.47 Å². The molecule has 1 saturated heterocycles. The zero-order valence-electron chi connectivity index (χ0n) is 11.7. The lowest BCUT2D eigenvalue weighted by Gasteiger charge is -2.15. The van der Waals surface area contributed by atoms with Crippen molar-refractivity contribution in [1.29, 1.82) is 0 Å². The van der Waals surface area contributed by atoms with E-state index in [2.05, 4.69) is 5.32 Å². The third-order valence-electron chi connectivity index (χ3n) is 3.38. The fraction of sp³-hybridized carbons (Fsp3) is 0.467. The van der Waals surface area contributed by atoms with Crippen molar-refractivity contribution in [2.75, 3.05) is 13.7 Å². The Balaban J connectivity index is 1.95. The van der Waals surface area contributed by atoms with E-state index in [0.717, 1.165) is 19.4 Å². The molecule has 0 bridgehead atoms. The molecule has 20 heavy (non-hydrogen) atoms. The molecular weight excluding hydrogens is 258 g/mol. The maximum absolute atomic E-state index is 12.2. The van der Waals surface area contributed by atoms with Crippen molar-refractivity contribution >= 4 is 11.8 Å². The molecule has 1 fully saturated rings. The lowest BCUT2D eigenvalue weighted by atomic mass is 10.1. The second-order valence-corrected chi connectivity index (χ2v) is 4.82. The van der Waals surface area contributed by atoms with Crippen LogP contribution in [-0.2, 0) is 9.53 Å². The van der Waals surface area contributed by atoms with Crippen molar-refractivity contribution in [3.63, 3.8) is 0 Å². The normalized spacial score (nSPS) is 19.4. The van der Waals surface area contributed by atoms with E-state index in [-0.39, 0.29) is 17.8 Å². The van der Waals surface area contributed by atoms with Gasteiger partial charge in [0, 0.05) is 5.56 Å². The largest absolute Gasteiger partial charge is 0.497 e. The first-order chi connectivity index (χ1) is 9.61. The molecule has 1 aliphatic rings. The summed E-state index contributed by atoms with van der Waals surface area (Å²) in [7, 11) is 1.57. The molecule has 0 amide bonds. The van der Waals surface area contributed by atoms with Crippen LogP contribution < -0.4 is 10.1 Å². The maximum atomic E-state index is 12.2. The quantitative estimate of drug-likeness (QED) is 0.653. The molecule has 2 rings (SSSR count). The highest BCUT2D eigenvalue weighted by atomic mass is 16.5. The van der Waals surface area contributed by atoms with Gasteiger partial charge < -0.3 is 14.8 Å². The predicted octanol–water partition coefficient (Wildman–Crippen LogP) is 1.56. The summed E-state index contributed by atoms with van der Waals surface area (Å²) in [4.78, 5) is 24.0. The van der Waals surface area contributed by atoms with Crippen LogP contribution in [0.2, 0.25) is 0 Å². The van der Waals surface area contributed by atoms with Crippen LogP contribution >= 0.6 is 0 Å². The number of ketones is 1. The number of hydrogen-bond acceptors (Lipinski definition) is 5. The Morgan fingerprint density at radius 3 is 2.55 bits per heavy atom. The highest BCUT2D eigenvalue weighted by Gasteiger charge is 2.27. The Kier molecular flexibility index (Phi) is 4.74. The molecule has 0 aliphatic carbocycles. The number of carbonyl (C=O) groups excluding carboxylic acids is 2. The SMILES string of the molecule is COc1ccc(C(=O)[C@@H](C)OC(=O)[C@@H]2CCCN2)cc1. The van der Waals surface area contributed by atoms with E-state index >= 15 is 0 Å². The average molecular weight is 277 g/mol. The average Bonchev–Trinajstić information content (AvgIpc) is 3.01. The zero-order valence-corrected chi connectivity index (χ0v) is 11.7. The standard InChI is InChI=1S/C15H19NO4/c1-10(20-15(18)13-4-3-9-16-13)14(17)11-5-7-12(19-2)8-6-11/h5-8,10,13,16H,3-4,9H2,1-2H3/t10-,13+/m1/s1. The van der Waals surface area contributed by atoms with Crippen LogP contribution in [0.4, 0.5) is 0 Å². The first kappa shape index (κ1) is 14.5. The number of benzene rings is 1. The van der Waals surface area contributed by atoms with Crippen molar-refractivity contribution < 1.29 is 19.1 Å². The molecule has 5 heteroatoms. The van der Waals surface area contributed by atoms with Gasteiger partial charge in [-0.25, -0.2) is 0 Å². The predicted molar refractivity (Wildman–Crippen MR) is 73.9 cm³/mol. The molecule has 2 atom stereocenters. The number of methoxy groups -OCH3 is 1. The second kappa shape index (κ2) is 6.52. The lowest BCUT2D eigenvalue weighted by Crippen LogP contribution is -2.36.